The van der Waals surface area contributed by atoms with E-state index in [1.807, 2.05) is 43.3 Å². The van der Waals surface area contributed by atoms with Gasteiger partial charge in [0.15, 0.2) is 23.0 Å². The number of hydrazone groups is 1. The molecule has 0 atom stereocenters. The minimum absolute atomic E-state index is 0.153. The predicted octanol–water partition coefficient (Wildman–Crippen LogP) is 4.81. The van der Waals surface area contributed by atoms with Crippen LogP contribution in [0.3, 0.4) is 0 Å². The Bertz CT molecular complexity index is 1130. The fourth-order valence-corrected chi connectivity index (χ4v) is 3.13. The molecule has 0 radical (unpaired) electrons. The van der Waals surface area contributed by atoms with Gasteiger partial charge in [-0.15, -0.1) is 0 Å². The third-order valence-corrected chi connectivity index (χ3v) is 4.84. The molecule has 3 aromatic carbocycles. The molecule has 0 bridgehead atoms. The van der Waals surface area contributed by atoms with Gasteiger partial charge in [-0.25, -0.2) is 5.43 Å². The van der Waals surface area contributed by atoms with Crippen LogP contribution >= 0.6 is 11.6 Å². The van der Waals surface area contributed by atoms with Crippen LogP contribution in [-0.2, 0) is 6.61 Å². The van der Waals surface area contributed by atoms with Crippen molar-refractivity contribution in [3.8, 4) is 23.0 Å². The van der Waals surface area contributed by atoms with Crippen molar-refractivity contribution in [1.82, 2.24) is 5.43 Å². The highest BCUT2D eigenvalue weighted by atomic mass is 35.5. The van der Waals surface area contributed by atoms with E-state index in [2.05, 4.69) is 10.5 Å². The van der Waals surface area contributed by atoms with Gasteiger partial charge in [0.05, 0.1) is 12.8 Å². The van der Waals surface area contributed by atoms with Crippen LogP contribution in [0.25, 0.3) is 0 Å². The number of halogens is 1. The van der Waals surface area contributed by atoms with E-state index in [-0.39, 0.29) is 12.7 Å². The van der Waals surface area contributed by atoms with Gasteiger partial charge < -0.3 is 18.9 Å². The molecule has 0 aliphatic carbocycles. The monoisotopic (exact) mass is 452 g/mol. The van der Waals surface area contributed by atoms with E-state index >= 15 is 0 Å². The number of ether oxygens (including phenoxy) is 4. The van der Waals surface area contributed by atoms with Gasteiger partial charge >= 0.3 is 0 Å². The van der Waals surface area contributed by atoms with E-state index in [1.54, 1.807) is 24.3 Å². The molecular weight excluding hydrogens is 432 g/mol. The number of hydrogen-bond donors (Lipinski definition) is 1. The minimum Gasteiger partial charge on any atom is -0.490 e. The van der Waals surface area contributed by atoms with Crippen molar-refractivity contribution >= 4 is 23.7 Å². The summed E-state index contributed by atoms with van der Waals surface area (Å²) in [6, 6.07) is 17.9. The second-order valence-electron chi connectivity index (χ2n) is 6.82. The van der Waals surface area contributed by atoms with Crippen LogP contribution in [0, 0.1) is 0 Å². The summed E-state index contributed by atoms with van der Waals surface area (Å²) >= 11 is 5.92. The zero-order valence-corrected chi connectivity index (χ0v) is 18.1. The maximum absolute atomic E-state index is 12.3. The molecule has 0 saturated heterocycles. The Kier molecular flexibility index (Phi) is 6.77. The molecule has 0 saturated carbocycles. The molecule has 1 aliphatic heterocycles. The number of amides is 1. The van der Waals surface area contributed by atoms with Gasteiger partial charge in [-0.2, -0.15) is 5.10 Å². The first-order valence-corrected chi connectivity index (χ1v) is 10.4. The molecule has 0 aromatic heterocycles. The Morgan fingerprint density at radius 3 is 2.66 bits per heavy atom. The topological polar surface area (TPSA) is 78.4 Å². The molecule has 1 N–H and O–H groups in total. The molecule has 0 fully saturated rings. The fourth-order valence-electron chi connectivity index (χ4n) is 3.00. The van der Waals surface area contributed by atoms with E-state index in [9.17, 15) is 4.79 Å². The van der Waals surface area contributed by atoms with Gasteiger partial charge in [-0.1, -0.05) is 23.7 Å². The van der Waals surface area contributed by atoms with Crippen LogP contribution in [0.4, 0.5) is 0 Å². The lowest BCUT2D eigenvalue weighted by Gasteiger charge is -2.12. The zero-order chi connectivity index (χ0) is 22.3. The molecule has 32 heavy (non-hydrogen) atoms. The van der Waals surface area contributed by atoms with Crippen molar-refractivity contribution in [2.45, 2.75) is 13.5 Å². The number of rotatable bonds is 8. The Morgan fingerprint density at radius 1 is 1.03 bits per heavy atom. The van der Waals surface area contributed by atoms with Gasteiger partial charge in [0.1, 0.15) is 6.61 Å². The average molecular weight is 453 g/mol. The van der Waals surface area contributed by atoms with Crippen molar-refractivity contribution in [3.05, 3.63) is 82.4 Å². The number of nitrogens with one attached hydrogen (secondary N) is 1. The molecule has 3 aromatic rings. The molecule has 0 unspecified atom stereocenters. The molecule has 4 rings (SSSR count). The summed E-state index contributed by atoms with van der Waals surface area (Å²) in [5.41, 5.74) is 4.67. The van der Waals surface area contributed by atoms with Crippen LogP contribution < -0.4 is 24.4 Å². The standard InChI is InChI=1S/C24H21ClN2O5/c1-2-29-22-11-17(5-9-20(22)30-14-16-3-7-19(25)8-4-16)13-26-27-24(28)18-6-10-21-23(12-18)32-15-31-21/h3-13H,2,14-15H2,1H3,(H,27,28). The Morgan fingerprint density at radius 2 is 1.84 bits per heavy atom. The lowest BCUT2D eigenvalue weighted by Crippen LogP contribution is -2.17. The van der Waals surface area contributed by atoms with Crippen molar-refractivity contribution in [2.24, 2.45) is 5.10 Å². The second kappa shape index (κ2) is 10.1. The van der Waals surface area contributed by atoms with Crippen LogP contribution in [0.5, 0.6) is 23.0 Å². The van der Waals surface area contributed by atoms with E-state index < -0.39 is 0 Å². The summed E-state index contributed by atoms with van der Waals surface area (Å²) in [7, 11) is 0. The summed E-state index contributed by atoms with van der Waals surface area (Å²) < 4.78 is 22.1. The normalized spacial score (nSPS) is 12.1. The van der Waals surface area contributed by atoms with Gasteiger partial charge in [-0.3, -0.25) is 4.79 Å². The summed E-state index contributed by atoms with van der Waals surface area (Å²) in [5, 5.41) is 4.72. The minimum atomic E-state index is -0.354. The molecule has 1 amide bonds. The first kappa shape index (κ1) is 21.5. The van der Waals surface area contributed by atoms with E-state index in [0.717, 1.165) is 11.1 Å². The van der Waals surface area contributed by atoms with Crippen molar-refractivity contribution < 1.29 is 23.7 Å². The van der Waals surface area contributed by atoms with E-state index in [0.29, 0.717) is 46.8 Å². The summed E-state index contributed by atoms with van der Waals surface area (Å²) in [6.45, 7) is 2.92. The Hall–Kier alpha value is -3.71. The number of carbonyl (C=O) groups excluding carboxylic acids is 1. The zero-order valence-electron chi connectivity index (χ0n) is 17.3. The van der Waals surface area contributed by atoms with Gasteiger partial charge in [0, 0.05) is 10.6 Å². The predicted molar refractivity (Wildman–Crippen MR) is 121 cm³/mol. The van der Waals surface area contributed by atoms with Crippen molar-refractivity contribution in [2.75, 3.05) is 13.4 Å². The van der Waals surface area contributed by atoms with Gasteiger partial charge in [-0.05, 0) is 66.6 Å². The first-order valence-electron chi connectivity index (χ1n) is 9.99. The van der Waals surface area contributed by atoms with Crippen LogP contribution in [0.1, 0.15) is 28.4 Å². The molecule has 1 heterocycles. The van der Waals surface area contributed by atoms with E-state index in [1.165, 1.54) is 6.21 Å². The highest BCUT2D eigenvalue weighted by molar-refractivity contribution is 6.30. The summed E-state index contributed by atoms with van der Waals surface area (Å²) in [5.74, 6) is 2.01. The third-order valence-electron chi connectivity index (χ3n) is 4.59. The molecular formula is C24H21ClN2O5. The molecule has 8 heteroatoms. The number of carbonyl (C=O) groups is 1. The van der Waals surface area contributed by atoms with Crippen LogP contribution in [-0.4, -0.2) is 25.5 Å². The lowest BCUT2D eigenvalue weighted by atomic mass is 10.2. The van der Waals surface area contributed by atoms with E-state index in [4.69, 9.17) is 30.5 Å². The number of benzene rings is 3. The van der Waals surface area contributed by atoms with Crippen molar-refractivity contribution in [3.63, 3.8) is 0 Å². The largest absolute Gasteiger partial charge is 0.490 e. The van der Waals surface area contributed by atoms with Gasteiger partial charge in [0.25, 0.3) is 5.91 Å². The third kappa shape index (κ3) is 5.31. The smallest absolute Gasteiger partial charge is 0.271 e. The Labute approximate surface area is 190 Å². The van der Waals surface area contributed by atoms with Crippen LogP contribution in [0.2, 0.25) is 5.02 Å². The maximum atomic E-state index is 12.3. The molecule has 0 spiro atoms. The number of hydrogen-bond acceptors (Lipinski definition) is 6. The molecule has 1 aliphatic rings. The van der Waals surface area contributed by atoms with Gasteiger partial charge in [0.2, 0.25) is 6.79 Å². The SMILES string of the molecule is CCOc1cc(C=NNC(=O)c2ccc3c(c2)OCO3)ccc1OCc1ccc(Cl)cc1. The molecule has 164 valence electrons. The molecule has 7 nitrogen and oxygen atoms in total. The fraction of sp³-hybridized carbons (Fsp3) is 0.167. The second-order valence-corrected chi connectivity index (χ2v) is 7.26. The van der Waals surface area contributed by atoms with Crippen LogP contribution in [0.15, 0.2) is 65.8 Å². The average Bonchev–Trinajstić information content (AvgIpc) is 3.28. The summed E-state index contributed by atoms with van der Waals surface area (Å²) in [6.07, 6.45) is 1.54. The lowest BCUT2D eigenvalue weighted by molar-refractivity contribution is 0.0954. The maximum Gasteiger partial charge on any atom is 0.271 e. The first-order chi connectivity index (χ1) is 15.6. The summed E-state index contributed by atoms with van der Waals surface area (Å²) in [4.78, 5) is 12.3. The Balaban J connectivity index is 1.39. The van der Waals surface area contributed by atoms with Crippen molar-refractivity contribution in [1.29, 1.82) is 0 Å². The highest BCUT2D eigenvalue weighted by Gasteiger charge is 2.16. The quantitative estimate of drug-likeness (QED) is 0.392. The number of fused-ring (bicyclic) bond motifs is 1. The highest BCUT2D eigenvalue weighted by Crippen LogP contribution is 2.32. The number of nitrogens with zero attached hydrogens (tertiary/aromatic N) is 1.